The summed E-state index contributed by atoms with van der Waals surface area (Å²) in [6.45, 7) is 2.15. The van der Waals surface area contributed by atoms with Crippen LogP contribution in [0.5, 0.6) is 0 Å². The zero-order chi connectivity index (χ0) is 14.5. The molecule has 0 amide bonds. The summed E-state index contributed by atoms with van der Waals surface area (Å²) in [7, 11) is 0. The molecule has 0 radical (unpaired) electrons. The average Bonchev–Trinajstić information content (AvgIpc) is 2.95. The van der Waals surface area contributed by atoms with Crippen LogP contribution in [0, 0.1) is 0 Å². The predicted molar refractivity (Wildman–Crippen MR) is 87.6 cm³/mol. The molecule has 3 aromatic rings. The van der Waals surface area contributed by atoms with Crippen LogP contribution in [0.1, 0.15) is 25.3 Å². The van der Waals surface area contributed by atoms with E-state index >= 15 is 0 Å². The van der Waals surface area contributed by atoms with Crippen molar-refractivity contribution in [1.82, 2.24) is 9.97 Å². The van der Waals surface area contributed by atoms with Gasteiger partial charge in [-0.25, -0.2) is 10.4 Å². The molecule has 3 rings (SSSR count). The molecule has 0 aliphatic heterocycles. The van der Waals surface area contributed by atoms with E-state index in [4.69, 9.17) is 0 Å². The zero-order valence-corrected chi connectivity index (χ0v) is 12.0. The molecule has 2 N–H and O–H groups in total. The van der Waals surface area contributed by atoms with E-state index < -0.39 is 0 Å². The Morgan fingerprint density at radius 3 is 2.62 bits per heavy atom. The summed E-state index contributed by atoms with van der Waals surface area (Å²) in [5.41, 5.74) is 7.16. The summed E-state index contributed by atoms with van der Waals surface area (Å²) in [6, 6.07) is 18.2. The average molecular weight is 278 g/mol. The third-order valence-corrected chi connectivity index (χ3v) is 3.28. The zero-order valence-electron chi connectivity index (χ0n) is 12.0. The van der Waals surface area contributed by atoms with Crippen molar-refractivity contribution in [3.8, 4) is 0 Å². The molecule has 106 valence electrons. The molecule has 21 heavy (non-hydrogen) atoms. The van der Waals surface area contributed by atoms with Gasteiger partial charge in [-0.05, 0) is 24.1 Å². The van der Waals surface area contributed by atoms with E-state index in [2.05, 4.69) is 39.6 Å². The fourth-order valence-corrected chi connectivity index (χ4v) is 2.26. The van der Waals surface area contributed by atoms with Gasteiger partial charge in [-0.2, -0.15) is 5.10 Å². The number of nitrogens with zero attached hydrogens (tertiary/aromatic N) is 2. The van der Waals surface area contributed by atoms with Gasteiger partial charge in [0.2, 0.25) is 5.95 Å². The van der Waals surface area contributed by atoms with E-state index in [0.29, 0.717) is 5.95 Å². The van der Waals surface area contributed by atoms with Gasteiger partial charge in [0.25, 0.3) is 0 Å². The van der Waals surface area contributed by atoms with Crippen LogP contribution < -0.4 is 5.43 Å². The molecule has 2 aromatic carbocycles. The first-order valence-electron chi connectivity index (χ1n) is 7.19. The lowest BCUT2D eigenvalue weighted by Crippen LogP contribution is -2.04. The van der Waals surface area contributed by atoms with Crippen LogP contribution in [0.3, 0.4) is 0 Å². The van der Waals surface area contributed by atoms with Gasteiger partial charge < -0.3 is 4.98 Å². The Labute approximate surface area is 123 Å². The number of aromatic nitrogens is 2. The second-order valence-electron chi connectivity index (χ2n) is 4.89. The molecule has 0 atom stereocenters. The highest BCUT2D eigenvalue weighted by Gasteiger charge is 2.04. The lowest BCUT2D eigenvalue weighted by molar-refractivity contribution is 0.986. The quantitative estimate of drug-likeness (QED) is 0.543. The SMILES string of the molecule is CCC/C(=N/Nc1nc2ccccc2[nH]1)c1ccccc1. The fraction of sp³-hybridized carbons (Fsp3) is 0.176. The van der Waals surface area contributed by atoms with Crippen LogP contribution in [-0.4, -0.2) is 15.7 Å². The fourth-order valence-electron chi connectivity index (χ4n) is 2.26. The third-order valence-electron chi connectivity index (χ3n) is 3.28. The summed E-state index contributed by atoms with van der Waals surface area (Å²) in [6.07, 6.45) is 1.98. The number of hydrogen-bond acceptors (Lipinski definition) is 3. The smallest absolute Gasteiger partial charge is 0.222 e. The first kappa shape index (κ1) is 13.4. The maximum atomic E-state index is 4.52. The van der Waals surface area contributed by atoms with Gasteiger partial charge in [0.1, 0.15) is 0 Å². The van der Waals surface area contributed by atoms with E-state index in [0.717, 1.165) is 35.2 Å². The minimum atomic E-state index is 0.667. The Morgan fingerprint density at radius 1 is 1.10 bits per heavy atom. The lowest BCUT2D eigenvalue weighted by atomic mass is 10.1. The minimum absolute atomic E-state index is 0.667. The lowest BCUT2D eigenvalue weighted by Gasteiger charge is -2.05. The maximum Gasteiger partial charge on any atom is 0.222 e. The van der Waals surface area contributed by atoms with Gasteiger partial charge in [0.05, 0.1) is 16.7 Å². The highest BCUT2D eigenvalue weighted by molar-refractivity contribution is 6.00. The summed E-state index contributed by atoms with van der Waals surface area (Å²) >= 11 is 0. The van der Waals surface area contributed by atoms with Crippen molar-refractivity contribution in [2.75, 3.05) is 5.43 Å². The molecule has 0 fully saturated rings. The van der Waals surface area contributed by atoms with Crippen LogP contribution in [-0.2, 0) is 0 Å². The molecule has 0 aliphatic rings. The van der Waals surface area contributed by atoms with Gasteiger partial charge in [0, 0.05) is 0 Å². The monoisotopic (exact) mass is 278 g/mol. The number of hydrazone groups is 1. The van der Waals surface area contributed by atoms with Crippen molar-refractivity contribution in [3.05, 3.63) is 60.2 Å². The molecule has 1 aromatic heterocycles. The number of para-hydroxylation sites is 2. The molecule has 0 spiro atoms. The summed E-state index contributed by atoms with van der Waals surface area (Å²) in [4.78, 5) is 7.68. The first-order chi connectivity index (χ1) is 10.4. The van der Waals surface area contributed by atoms with Gasteiger partial charge in [-0.3, -0.25) is 0 Å². The Morgan fingerprint density at radius 2 is 1.86 bits per heavy atom. The Bertz CT molecular complexity index is 711. The van der Waals surface area contributed by atoms with Gasteiger partial charge >= 0.3 is 0 Å². The molecule has 1 heterocycles. The van der Waals surface area contributed by atoms with E-state index in [1.165, 1.54) is 0 Å². The van der Waals surface area contributed by atoms with Crippen molar-refractivity contribution in [2.24, 2.45) is 5.10 Å². The molecule has 0 unspecified atom stereocenters. The van der Waals surface area contributed by atoms with Crippen LogP contribution in [0.4, 0.5) is 5.95 Å². The van der Waals surface area contributed by atoms with Gasteiger partial charge in [-0.15, -0.1) is 0 Å². The summed E-state index contributed by atoms with van der Waals surface area (Å²) in [5, 5.41) is 4.52. The number of H-pyrrole nitrogens is 1. The van der Waals surface area contributed by atoms with Gasteiger partial charge in [0.15, 0.2) is 0 Å². The Kier molecular flexibility index (Phi) is 3.96. The third kappa shape index (κ3) is 3.11. The van der Waals surface area contributed by atoms with Crippen molar-refractivity contribution in [1.29, 1.82) is 0 Å². The van der Waals surface area contributed by atoms with E-state index in [9.17, 15) is 0 Å². The second-order valence-corrected chi connectivity index (χ2v) is 4.89. The first-order valence-corrected chi connectivity index (χ1v) is 7.19. The van der Waals surface area contributed by atoms with E-state index in [-0.39, 0.29) is 0 Å². The Balaban J connectivity index is 1.84. The summed E-state index contributed by atoms with van der Waals surface area (Å²) in [5.74, 6) is 0.667. The topological polar surface area (TPSA) is 53.1 Å². The van der Waals surface area contributed by atoms with Crippen molar-refractivity contribution in [3.63, 3.8) is 0 Å². The molecule has 0 saturated carbocycles. The molecule has 0 saturated heterocycles. The number of hydrogen-bond donors (Lipinski definition) is 2. The largest absolute Gasteiger partial charge is 0.323 e. The second kappa shape index (κ2) is 6.22. The number of benzene rings is 2. The normalized spacial score (nSPS) is 11.8. The predicted octanol–water partition coefficient (Wildman–Crippen LogP) is 4.18. The molecular weight excluding hydrogens is 260 g/mol. The van der Waals surface area contributed by atoms with Crippen molar-refractivity contribution < 1.29 is 0 Å². The molecular formula is C17H18N4. The van der Waals surface area contributed by atoms with E-state index in [1.54, 1.807) is 0 Å². The maximum absolute atomic E-state index is 4.52. The van der Waals surface area contributed by atoms with Gasteiger partial charge in [-0.1, -0.05) is 55.8 Å². The number of aromatic amines is 1. The molecule has 4 nitrogen and oxygen atoms in total. The van der Waals surface area contributed by atoms with E-state index in [1.807, 2.05) is 42.5 Å². The molecule has 0 aliphatic carbocycles. The number of fused-ring (bicyclic) bond motifs is 1. The van der Waals surface area contributed by atoms with Crippen LogP contribution in [0.15, 0.2) is 59.7 Å². The standard InChI is InChI=1S/C17H18N4/c1-2-8-14(13-9-4-3-5-10-13)20-21-17-18-15-11-6-7-12-16(15)19-17/h3-7,9-12H,2,8H2,1H3,(H2,18,19,21)/b20-14-. The molecule has 4 heteroatoms. The molecule has 0 bridgehead atoms. The number of imidazole rings is 1. The number of nitrogens with one attached hydrogen (secondary N) is 2. The highest BCUT2D eigenvalue weighted by Crippen LogP contribution is 2.14. The van der Waals surface area contributed by atoms with Crippen molar-refractivity contribution >= 4 is 22.7 Å². The van der Waals surface area contributed by atoms with Crippen LogP contribution in [0.25, 0.3) is 11.0 Å². The number of anilines is 1. The van der Waals surface area contributed by atoms with Crippen LogP contribution >= 0.6 is 0 Å². The highest BCUT2D eigenvalue weighted by atomic mass is 15.4. The summed E-state index contributed by atoms with van der Waals surface area (Å²) < 4.78 is 0. The minimum Gasteiger partial charge on any atom is -0.323 e. The van der Waals surface area contributed by atoms with Crippen LogP contribution in [0.2, 0.25) is 0 Å². The number of rotatable bonds is 5. The Hall–Kier alpha value is -2.62. The van der Waals surface area contributed by atoms with Crippen molar-refractivity contribution in [2.45, 2.75) is 19.8 Å².